The fraction of sp³-hybridized carbons (Fsp3) is 0.250. The molecule has 0 spiro atoms. The van der Waals surface area contributed by atoms with Gasteiger partial charge >= 0.3 is 0 Å². The van der Waals surface area contributed by atoms with Gasteiger partial charge in [-0.05, 0) is 49.7 Å². The van der Waals surface area contributed by atoms with E-state index < -0.39 is 0 Å². The summed E-state index contributed by atoms with van der Waals surface area (Å²) in [6, 6.07) is 13.2. The quantitative estimate of drug-likeness (QED) is 0.569. The summed E-state index contributed by atoms with van der Waals surface area (Å²) in [7, 11) is 1.59. The lowest BCUT2D eigenvalue weighted by atomic mass is 10.1. The number of benzene rings is 2. The van der Waals surface area contributed by atoms with E-state index >= 15 is 0 Å². The van der Waals surface area contributed by atoms with Crippen LogP contribution < -0.4 is 15.6 Å². The molecule has 1 aliphatic heterocycles. The molecule has 6 nitrogen and oxygen atoms in total. The molecular weight excluding hydrogens is 414 g/mol. The van der Waals surface area contributed by atoms with Crippen molar-refractivity contribution in [2.75, 3.05) is 7.11 Å². The third kappa shape index (κ3) is 4.50. The van der Waals surface area contributed by atoms with E-state index in [1.165, 1.54) is 5.57 Å². The van der Waals surface area contributed by atoms with Crippen molar-refractivity contribution >= 4 is 28.3 Å². The number of fused-ring (bicyclic) bond motifs is 1. The van der Waals surface area contributed by atoms with Gasteiger partial charge in [0.2, 0.25) is 5.43 Å². The molecule has 0 radical (unpaired) electrons. The maximum absolute atomic E-state index is 13.3. The Labute approximate surface area is 185 Å². The lowest BCUT2D eigenvalue weighted by Gasteiger charge is -2.14. The van der Waals surface area contributed by atoms with E-state index in [4.69, 9.17) is 21.2 Å². The zero-order chi connectivity index (χ0) is 22.0. The number of methoxy groups -OCH3 is 1. The molecule has 2 aromatic carbocycles. The Bertz CT molecular complexity index is 1230. The predicted octanol–water partition coefficient (Wildman–Crippen LogP) is 4.68. The first-order chi connectivity index (χ1) is 15.0. The molecule has 0 amide bonds. The van der Waals surface area contributed by atoms with Crippen molar-refractivity contribution in [2.45, 2.75) is 33.0 Å². The normalized spacial score (nSPS) is 16.3. The Morgan fingerprint density at radius 3 is 2.77 bits per heavy atom. The summed E-state index contributed by atoms with van der Waals surface area (Å²) < 4.78 is 7.38. The minimum absolute atomic E-state index is 0.125. The van der Waals surface area contributed by atoms with Crippen molar-refractivity contribution in [2.24, 2.45) is 4.99 Å². The number of halogens is 1. The van der Waals surface area contributed by atoms with Crippen LogP contribution in [0.5, 0.6) is 5.75 Å². The first-order valence-corrected chi connectivity index (χ1v) is 10.4. The van der Waals surface area contributed by atoms with Crippen molar-refractivity contribution < 1.29 is 9.57 Å². The van der Waals surface area contributed by atoms with Gasteiger partial charge in [0.25, 0.3) is 0 Å². The molecule has 7 heteroatoms. The third-order valence-electron chi connectivity index (χ3n) is 5.36. The van der Waals surface area contributed by atoms with E-state index in [-0.39, 0.29) is 11.7 Å². The number of aromatic nitrogens is 1. The Morgan fingerprint density at radius 1 is 1.29 bits per heavy atom. The third-order valence-corrected chi connectivity index (χ3v) is 5.61. The van der Waals surface area contributed by atoms with Crippen LogP contribution >= 0.6 is 11.6 Å². The molecule has 4 rings (SSSR count). The van der Waals surface area contributed by atoms with Crippen molar-refractivity contribution in [3.63, 3.8) is 0 Å². The maximum atomic E-state index is 13.3. The monoisotopic (exact) mass is 437 g/mol. The predicted molar refractivity (Wildman–Crippen MR) is 124 cm³/mol. The zero-order valence-electron chi connectivity index (χ0n) is 17.7. The second-order valence-electron chi connectivity index (χ2n) is 7.50. The number of hydrogen-bond acceptors (Lipinski definition) is 5. The number of pyridine rings is 1. The van der Waals surface area contributed by atoms with Crippen LogP contribution in [0.1, 0.15) is 31.4 Å². The Balaban J connectivity index is 1.81. The van der Waals surface area contributed by atoms with Crippen LogP contribution in [0.15, 0.2) is 70.1 Å². The molecule has 2 heterocycles. The number of hydroxylamine groups is 1. The fourth-order valence-corrected chi connectivity index (χ4v) is 3.64. The second-order valence-corrected chi connectivity index (χ2v) is 7.94. The maximum Gasteiger partial charge on any atom is 0.200 e. The molecular formula is C24H24ClN3O3. The van der Waals surface area contributed by atoms with E-state index in [2.05, 4.69) is 10.5 Å². The topological polar surface area (TPSA) is 64.9 Å². The highest BCUT2D eigenvalue weighted by molar-refractivity contribution is 6.30. The Kier molecular flexibility index (Phi) is 6.11. The standard InChI is InChI=1S/C24H24ClN3O3/c1-4-15(2)11-22-26-24(27-31-22)20-14-28(13-16-5-7-17(25)8-6-16)21-10-9-18(30-3)12-19(21)23(20)29/h4-10,12,14,22H,11,13H2,1-3H3,(H,26,27)/b15-4+. The number of ether oxygens (including phenoxy) is 1. The van der Waals surface area contributed by atoms with Crippen molar-refractivity contribution in [1.82, 2.24) is 10.0 Å². The van der Waals surface area contributed by atoms with Crippen LogP contribution in [-0.2, 0) is 11.4 Å². The summed E-state index contributed by atoms with van der Waals surface area (Å²) in [4.78, 5) is 23.5. The van der Waals surface area contributed by atoms with Crippen molar-refractivity contribution in [3.8, 4) is 5.75 Å². The molecule has 0 saturated heterocycles. The Morgan fingerprint density at radius 2 is 2.06 bits per heavy atom. The number of hydrogen-bond donors (Lipinski definition) is 1. The van der Waals surface area contributed by atoms with E-state index in [0.29, 0.717) is 40.5 Å². The van der Waals surface area contributed by atoms with Crippen LogP contribution in [-0.4, -0.2) is 23.7 Å². The second kappa shape index (κ2) is 8.96. The van der Waals surface area contributed by atoms with Gasteiger partial charge in [0.1, 0.15) is 5.75 Å². The SMILES string of the molecule is C/C=C(\C)CC1N=C(c2cn(Cc3ccc(Cl)cc3)c3ccc(OC)cc3c2=O)NO1. The molecule has 1 N–H and O–H groups in total. The van der Waals surface area contributed by atoms with E-state index in [1.54, 1.807) is 13.2 Å². The summed E-state index contributed by atoms with van der Waals surface area (Å²) in [6.07, 6.45) is 4.15. The molecule has 0 fully saturated rings. The zero-order valence-corrected chi connectivity index (χ0v) is 18.4. The van der Waals surface area contributed by atoms with Gasteiger partial charge in [0, 0.05) is 24.2 Å². The molecule has 3 aromatic rings. The van der Waals surface area contributed by atoms with Gasteiger partial charge in [-0.25, -0.2) is 15.3 Å². The molecule has 0 saturated carbocycles. The van der Waals surface area contributed by atoms with E-state index in [0.717, 1.165) is 11.1 Å². The van der Waals surface area contributed by atoms with Gasteiger partial charge in [0.15, 0.2) is 12.1 Å². The van der Waals surface area contributed by atoms with Crippen LogP contribution in [0.4, 0.5) is 0 Å². The molecule has 1 aliphatic rings. The largest absolute Gasteiger partial charge is 0.497 e. The van der Waals surface area contributed by atoms with Gasteiger partial charge in [0.05, 0.1) is 23.6 Å². The highest BCUT2D eigenvalue weighted by atomic mass is 35.5. The summed E-state index contributed by atoms with van der Waals surface area (Å²) in [5.41, 5.74) is 6.22. The highest BCUT2D eigenvalue weighted by Gasteiger charge is 2.23. The molecule has 1 unspecified atom stereocenters. The average molecular weight is 438 g/mol. The van der Waals surface area contributed by atoms with Gasteiger partial charge in [-0.15, -0.1) is 0 Å². The lowest BCUT2D eigenvalue weighted by Crippen LogP contribution is -2.27. The van der Waals surface area contributed by atoms with Gasteiger partial charge in [-0.3, -0.25) is 4.79 Å². The highest BCUT2D eigenvalue weighted by Crippen LogP contribution is 2.22. The lowest BCUT2D eigenvalue weighted by molar-refractivity contribution is 0.0389. The molecule has 1 aromatic heterocycles. The molecule has 31 heavy (non-hydrogen) atoms. The first kappa shape index (κ1) is 21.2. The molecule has 0 aliphatic carbocycles. The minimum atomic E-state index is -0.365. The van der Waals surface area contributed by atoms with Crippen molar-refractivity contribution in [1.29, 1.82) is 0 Å². The van der Waals surface area contributed by atoms with E-state index in [1.807, 2.05) is 67.1 Å². The number of aliphatic imine (C=N–C) groups is 1. The van der Waals surface area contributed by atoms with Crippen LogP contribution in [0, 0.1) is 0 Å². The number of nitrogens with zero attached hydrogens (tertiary/aromatic N) is 2. The summed E-state index contributed by atoms with van der Waals surface area (Å²) in [5.74, 6) is 1.06. The van der Waals surface area contributed by atoms with Crippen LogP contribution in [0.2, 0.25) is 5.02 Å². The fourth-order valence-electron chi connectivity index (χ4n) is 3.52. The van der Waals surface area contributed by atoms with Crippen molar-refractivity contribution in [3.05, 3.63) is 86.7 Å². The van der Waals surface area contributed by atoms with Gasteiger partial charge < -0.3 is 9.30 Å². The van der Waals surface area contributed by atoms with Gasteiger partial charge in [-0.1, -0.05) is 35.4 Å². The Hall–Kier alpha value is -3.09. The van der Waals surface area contributed by atoms with Crippen LogP contribution in [0.3, 0.4) is 0 Å². The van der Waals surface area contributed by atoms with Gasteiger partial charge in [-0.2, -0.15) is 0 Å². The summed E-state index contributed by atoms with van der Waals surface area (Å²) in [5, 5.41) is 1.24. The number of rotatable bonds is 6. The number of amidine groups is 1. The average Bonchev–Trinajstić information content (AvgIpc) is 3.24. The summed E-state index contributed by atoms with van der Waals surface area (Å²) in [6.45, 7) is 4.58. The molecule has 160 valence electrons. The number of nitrogens with one attached hydrogen (secondary N) is 1. The van der Waals surface area contributed by atoms with Crippen LogP contribution in [0.25, 0.3) is 10.9 Å². The van der Waals surface area contributed by atoms with E-state index in [9.17, 15) is 4.79 Å². The minimum Gasteiger partial charge on any atom is -0.497 e. The first-order valence-electron chi connectivity index (χ1n) is 10.1. The molecule has 1 atom stereocenters. The molecule has 0 bridgehead atoms. The smallest absolute Gasteiger partial charge is 0.200 e. The number of allylic oxidation sites excluding steroid dienone is 1. The summed E-state index contributed by atoms with van der Waals surface area (Å²) >= 11 is 6.03.